The van der Waals surface area contributed by atoms with Gasteiger partial charge in [0.25, 0.3) is 5.91 Å². The normalized spacial score (nSPS) is 19.9. The fraction of sp³-hybridized carbons (Fsp3) is 0.500. The minimum Gasteiger partial charge on any atom is -0.494 e. The van der Waals surface area contributed by atoms with Gasteiger partial charge < -0.3 is 19.9 Å². The van der Waals surface area contributed by atoms with Crippen molar-refractivity contribution in [2.75, 3.05) is 20.2 Å². The monoisotopic (exact) mass is 429 g/mol. The highest BCUT2D eigenvalue weighted by molar-refractivity contribution is 5.94. The zero-order valence-corrected chi connectivity index (χ0v) is 18.0. The number of hydrogen-bond donors (Lipinski definition) is 3. The van der Waals surface area contributed by atoms with Gasteiger partial charge in [-0.3, -0.25) is 14.9 Å². The van der Waals surface area contributed by atoms with Gasteiger partial charge in [0.15, 0.2) is 11.6 Å². The van der Waals surface area contributed by atoms with Crippen molar-refractivity contribution in [3.63, 3.8) is 0 Å². The lowest BCUT2D eigenvalue weighted by molar-refractivity contribution is -0.124. The van der Waals surface area contributed by atoms with Gasteiger partial charge in [-0.2, -0.15) is 0 Å². The molecule has 1 fully saturated rings. The molecule has 8 nitrogen and oxygen atoms in total. The highest BCUT2D eigenvalue weighted by Gasteiger charge is 2.46. The van der Waals surface area contributed by atoms with E-state index in [4.69, 9.17) is 4.74 Å². The molecule has 1 spiro atoms. The predicted octanol–water partition coefficient (Wildman–Crippen LogP) is 1.73. The average Bonchev–Trinajstić information content (AvgIpc) is 3.23. The molecule has 9 heteroatoms. The molecule has 1 atom stereocenters. The summed E-state index contributed by atoms with van der Waals surface area (Å²) in [6.45, 7) is 4.82. The summed E-state index contributed by atoms with van der Waals surface area (Å²) in [6.07, 6.45) is 3.43. The maximum Gasteiger partial charge on any atom is 0.253 e. The topological polar surface area (TPSA) is 99.4 Å². The fourth-order valence-corrected chi connectivity index (χ4v) is 4.54. The van der Waals surface area contributed by atoms with Crippen molar-refractivity contribution >= 4 is 11.8 Å². The van der Waals surface area contributed by atoms with Crippen LogP contribution in [0.15, 0.2) is 24.5 Å². The first-order valence-corrected chi connectivity index (χ1v) is 10.6. The molecule has 166 valence electrons. The summed E-state index contributed by atoms with van der Waals surface area (Å²) in [5.41, 5.74) is 1.69. The SMILES string of the molecule is COc1ccc(C(=O)N2CCC3(CC2)N[C@H](C(=O)NC(C)C)Cc2[nH]cnc23)cc1F. The summed E-state index contributed by atoms with van der Waals surface area (Å²) in [7, 11) is 1.39. The van der Waals surface area contributed by atoms with Crippen LogP contribution in [0, 0.1) is 5.82 Å². The number of aromatic nitrogens is 2. The highest BCUT2D eigenvalue weighted by Crippen LogP contribution is 2.37. The molecule has 0 radical (unpaired) electrons. The summed E-state index contributed by atoms with van der Waals surface area (Å²) < 4.78 is 19.0. The van der Waals surface area contributed by atoms with E-state index in [-0.39, 0.29) is 29.6 Å². The van der Waals surface area contributed by atoms with Crippen LogP contribution in [0.3, 0.4) is 0 Å². The number of nitrogens with one attached hydrogen (secondary N) is 3. The van der Waals surface area contributed by atoms with Gasteiger partial charge in [0.05, 0.1) is 30.7 Å². The van der Waals surface area contributed by atoms with E-state index in [1.54, 1.807) is 17.3 Å². The second kappa shape index (κ2) is 8.30. The number of methoxy groups -OCH3 is 1. The molecule has 0 saturated carbocycles. The van der Waals surface area contributed by atoms with Crippen LogP contribution in [-0.4, -0.2) is 59.0 Å². The highest BCUT2D eigenvalue weighted by atomic mass is 19.1. The van der Waals surface area contributed by atoms with Crippen molar-refractivity contribution in [1.82, 2.24) is 25.5 Å². The number of piperidine rings is 1. The van der Waals surface area contributed by atoms with E-state index in [1.807, 2.05) is 13.8 Å². The number of ether oxygens (including phenoxy) is 1. The Bertz CT molecular complexity index is 981. The number of hydrogen-bond acceptors (Lipinski definition) is 5. The number of carbonyl (C=O) groups is 2. The van der Waals surface area contributed by atoms with E-state index in [1.165, 1.54) is 19.2 Å². The van der Waals surface area contributed by atoms with Gasteiger partial charge in [-0.05, 0) is 44.9 Å². The van der Waals surface area contributed by atoms with Crippen molar-refractivity contribution in [3.8, 4) is 5.75 Å². The van der Waals surface area contributed by atoms with Crippen LogP contribution in [0.25, 0.3) is 0 Å². The first-order valence-electron chi connectivity index (χ1n) is 10.6. The number of aromatic amines is 1. The molecule has 1 saturated heterocycles. The van der Waals surface area contributed by atoms with Gasteiger partial charge in [-0.15, -0.1) is 0 Å². The lowest BCUT2D eigenvalue weighted by atomic mass is 9.78. The summed E-state index contributed by atoms with van der Waals surface area (Å²) in [5.74, 6) is -0.710. The maximum absolute atomic E-state index is 14.0. The molecule has 0 unspecified atom stereocenters. The quantitative estimate of drug-likeness (QED) is 0.688. The first kappa shape index (κ1) is 21.3. The van der Waals surface area contributed by atoms with Crippen LogP contribution < -0.4 is 15.4 Å². The molecule has 1 aromatic carbocycles. The van der Waals surface area contributed by atoms with E-state index in [2.05, 4.69) is 20.6 Å². The summed E-state index contributed by atoms with van der Waals surface area (Å²) in [5, 5.41) is 6.51. The molecular formula is C22H28FN5O3. The third kappa shape index (κ3) is 4.01. The molecule has 0 aliphatic carbocycles. The third-order valence-electron chi connectivity index (χ3n) is 6.08. The Morgan fingerprint density at radius 2 is 2.06 bits per heavy atom. The Hall–Kier alpha value is -2.94. The van der Waals surface area contributed by atoms with Gasteiger partial charge in [0, 0.05) is 36.8 Å². The number of amides is 2. The van der Waals surface area contributed by atoms with E-state index in [0.29, 0.717) is 37.9 Å². The summed E-state index contributed by atoms with van der Waals surface area (Å²) in [4.78, 5) is 35.0. The fourth-order valence-electron chi connectivity index (χ4n) is 4.54. The van der Waals surface area contributed by atoms with E-state index in [9.17, 15) is 14.0 Å². The van der Waals surface area contributed by atoms with Crippen LogP contribution >= 0.6 is 0 Å². The number of imidazole rings is 1. The molecule has 2 aromatic rings. The van der Waals surface area contributed by atoms with E-state index < -0.39 is 11.4 Å². The largest absolute Gasteiger partial charge is 0.494 e. The van der Waals surface area contributed by atoms with Gasteiger partial charge >= 0.3 is 0 Å². The van der Waals surface area contributed by atoms with Gasteiger partial charge in [0.2, 0.25) is 5.91 Å². The number of nitrogens with zero attached hydrogens (tertiary/aromatic N) is 2. The van der Waals surface area contributed by atoms with Gasteiger partial charge in [-0.1, -0.05) is 0 Å². The zero-order chi connectivity index (χ0) is 22.2. The average molecular weight is 429 g/mol. The Kier molecular flexibility index (Phi) is 5.70. The lowest BCUT2D eigenvalue weighted by Gasteiger charge is -2.46. The molecule has 2 aliphatic heterocycles. The smallest absolute Gasteiger partial charge is 0.253 e. The third-order valence-corrected chi connectivity index (χ3v) is 6.08. The summed E-state index contributed by atoms with van der Waals surface area (Å²) >= 11 is 0. The van der Waals surface area contributed by atoms with Gasteiger partial charge in [0.1, 0.15) is 0 Å². The van der Waals surface area contributed by atoms with Crippen LogP contribution in [-0.2, 0) is 16.8 Å². The Labute approximate surface area is 180 Å². The van der Waals surface area contributed by atoms with E-state index >= 15 is 0 Å². The van der Waals surface area contributed by atoms with Crippen LogP contribution in [0.1, 0.15) is 48.4 Å². The van der Waals surface area contributed by atoms with Crippen molar-refractivity contribution in [2.24, 2.45) is 0 Å². The molecular weight excluding hydrogens is 401 g/mol. The second-order valence-electron chi connectivity index (χ2n) is 8.52. The Morgan fingerprint density at radius 3 is 2.71 bits per heavy atom. The Balaban J connectivity index is 1.50. The molecule has 31 heavy (non-hydrogen) atoms. The van der Waals surface area contributed by atoms with Crippen molar-refractivity contribution in [3.05, 3.63) is 47.3 Å². The number of H-pyrrole nitrogens is 1. The molecule has 3 N–H and O–H groups in total. The number of likely N-dealkylation sites (tertiary alicyclic amines) is 1. The standard InChI is InChI=1S/C22H28FN5O3/c1-13(2)26-20(29)17-11-16-19(25-12-24-16)22(27-17)6-8-28(9-7-22)21(30)14-4-5-18(31-3)15(23)10-14/h4-5,10,12-13,17,27H,6-9,11H2,1-3H3,(H,24,25)(H,26,29)/t17-/m0/s1. The van der Waals surface area contributed by atoms with Gasteiger partial charge in [-0.25, -0.2) is 9.37 Å². The van der Waals surface area contributed by atoms with Crippen molar-refractivity contribution in [2.45, 2.75) is 50.7 Å². The number of halogens is 1. The van der Waals surface area contributed by atoms with Crippen LogP contribution in [0.4, 0.5) is 4.39 Å². The zero-order valence-electron chi connectivity index (χ0n) is 18.0. The molecule has 3 heterocycles. The predicted molar refractivity (Wildman–Crippen MR) is 112 cm³/mol. The number of carbonyl (C=O) groups excluding carboxylic acids is 2. The summed E-state index contributed by atoms with van der Waals surface area (Å²) in [6, 6.07) is 3.93. The van der Waals surface area contributed by atoms with Crippen molar-refractivity contribution in [1.29, 1.82) is 0 Å². The minimum absolute atomic E-state index is 0.0400. The number of fused-ring (bicyclic) bond motifs is 2. The Morgan fingerprint density at radius 1 is 1.32 bits per heavy atom. The molecule has 1 aromatic heterocycles. The van der Waals surface area contributed by atoms with Crippen LogP contribution in [0.5, 0.6) is 5.75 Å². The van der Waals surface area contributed by atoms with E-state index in [0.717, 1.165) is 11.4 Å². The number of rotatable bonds is 4. The maximum atomic E-state index is 14.0. The molecule has 2 amide bonds. The molecule has 0 bridgehead atoms. The van der Waals surface area contributed by atoms with Crippen LogP contribution in [0.2, 0.25) is 0 Å². The molecule has 4 rings (SSSR count). The lowest BCUT2D eigenvalue weighted by Crippen LogP contribution is -2.62. The minimum atomic E-state index is -0.559. The first-order chi connectivity index (χ1) is 14.8. The molecule has 2 aliphatic rings. The van der Waals surface area contributed by atoms with Crippen molar-refractivity contribution < 1.29 is 18.7 Å². The number of benzene rings is 1. The second-order valence-corrected chi connectivity index (χ2v) is 8.52.